The highest BCUT2D eigenvalue weighted by molar-refractivity contribution is 5.92. The summed E-state index contributed by atoms with van der Waals surface area (Å²) in [5.74, 6) is 1.47. The SMILES string of the molecule is Cc1cc([N+](=O)[O-])ccc1NC(=O)C[NH+]1CCC[C@@H]1c1ccc2c(c1)OCCCO2. The number of quaternary nitrogens is 1. The molecule has 0 aliphatic carbocycles. The van der Waals surface area contributed by atoms with Gasteiger partial charge in [-0.15, -0.1) is 0 Å². The number of hydrogen-bond donors (Lipinski definition) is 2. The minimum atomic E-state index is -0.438. The number of amides is 1. The van der Waals surface area contributed by atoms with Crippen molar-refractivity contribution in [2.75, 3.05) is 31.6 Å². The van der Waals surface area contributed by atoms with Crippen molar-refractivity contribution >= 4 is 17.3 Å². The molecule has 158 valence electrons. The highest BCUT2D eigenvalue weighted by Gasteiger charge is 2.32. The van der Waals surface area contributed by atoms with Crippen LogP contribution in [0.2, 0.25) is 0 Å². The Kier molecular flexibility index (Phi) is 5.85. The van der Waals surface area contributed by atoms with E-state index in [1.54, 1.807) is 13.0 Å². The lowest BCUT2D eigenvalue weighted by atomic mass is 10.0. The van der Waals surface area contributed by atoms with Crippen molar-refractivity contribution in [3.63, 3.8) is 0 Å². The molecule has 8 nitrogen and oxygen atoms in total. The molecule has 0 bridgehead atoms. The number of fused-ring (bicyclic) bond motifs is 1. The van der Waals surface area contributed by atoms with Crippen LogP contribution in [-0.2, 0) is 4.79 Å². The maximum Gasteiger partial charge on any atom is 0.279 e. The molecule has 1 saturated heterocycles. The lowest BCUT2D eigenvalue weighted by Crippen LogP contribution is -3.11. The standard InChI is InChI=1S/C22H25N3O5/c1-15-12-17(25(27)28)6-7-18(15)23-22(26)14-24-9-2-4-19(24)16-5-8-20-21(13-16)30-11-3-10-29-20/h5-8,12-13,19H,2-4,9-11,14H2,1H3,(H,23,26)/p+1/t19-/m1/s1. The van der Waals surface area contributed by atoms with E-state index in [0.717, 1.165) is 42.9 Å². The third-order valence-corrected chi connectivity index (χ3v) is 5.74. The zero-order chi connectivity index (χ0) is 21.1. The van der Waals surface area contributed by atoms with Crippen LogP contribution in [0.5, 0.6) is 11.5 Å². The van der Waals surface area contributed by atoms with Crippen molar-refractivity contribution in [1.82, 2.24) is 0 Å². The molecule has 1 amide bonds. The molecule has 2 aliphatic rings. The summed E-state index contributed by atoms with van der Waals surface area (Å²) in [5, 5.41) is 13.8. The van der Waals surface area contributed by atoms with Crippen molar-refractivity contribution < 1.29 is 24.1 Å². The number of nitrogens with zero attached hydrogens (tertiary/aromatic N) is 1. The van der Waals surface area contributed by atoms with Gasteiger partial charge in [-0.25, -0.2) is 0 Å². The number of likely N-dealkylation sites (tertiary alicyclic amines) is 1. The van der Waals surface area contributed by atoms with Gasteiger partial charge in [0, 0.05) is 42.6 Å². The summed E-state index contributed by atoms with van der Waals surface area (Å²) in [6.07, 6.45) is 2.93. The molecule has 0 saturated carbocycles. The molecule has 0 radical (unpaired) electrons. The highest BCUT2D eigenvalue weighted by atomic mass is 16.6. The predicted octanol–water partition coefficient (Wildman–Crippen LogP) is 2.42. The number of nitrogens with one attached hydrogen (secondary N) is 2. The van der Waals surface area contributed by atoms with Gasteiger partial charge in [-0.1, -0.05) is 0 Å². The van der Waals surface area contributed by atoms with Crippen LogP contribution >= 0.6 is 0 Å². The van der Waals surface area contributed by atoms with Gasteiger partial charge in [-0.2, -0.15) is 0 Å². The number of carbonyl (C=O) groups excluding carboxylic acids is 1. The Balaban J connectivity index is 1.43. The molecule has 2 atom stereocenters. The molecule has 30 heavy (non-hydrogen) atoms. The fraction of sp³-hybridized carbons (Fsp3) is 0.409. The zero-order valence-electron chi connectivity index (χ0n) is 17.0. The molecule has 2 N–H and O–H groups in total. The van der Waals surface area contributed by atoms with Gasteiger partial charge in [-0.3, -0.25) is 14.9 Å². The Labute approximate surface area is 174 Å². The summed E-state index contributed by atoms with van der Waals surface area (Å²) in [5.41, 5.74) is 2.46. The molecule has 1 unspecified atom stereocenters. The first-order chi connectivity index (χ1) is 14.5. The third-order valence-electron chi connectivity index (χ3n) is 5.74. The van der Waals surface area contributed by atoms with Gasteiger partial charge >= 0.3 is 0 Å². The summed E-state index contributed by atoms with van der Waals surface area (Å²) in [4.78, 5) is 24.4. The first-order valence-corrected chi connectivity index (χ1v) is 10.3. The zero-order valence-corrected chi connectivity index (χ0v) is 17.0. The van der Waals surface area contributed by atoms with E-state index in [0.29, 0.717) is 31.0 Å². The van der Waals surface area contributed by atoms with Gasteiger partial charge in [0.1, 0.15) is 6.04 Å². The molecule has 2 aromatic carbocycles. The second-order valence-corrected chi connectivity index (χ2v) is 7.84. The van der Waals surface area contributed by atoms with E-state index in [1.807, 2.05) is 6.07 Å². The third kappa shape index (κ3) is 4.38. The lowest BCUT2D eigenvalue weighted by molar-refractivity contribution is -0.910. The summed E-state index contributed by atoms with van der Waals surface area (Å²) < 4.78 is 11.5. The monoisotopic (exact) mass is 412 g/mol. The number of aryl methyl sites for hydroxylation is 1. The maximum absolute atomic E-state index is 12.7. The van der Waals surface area contributed by atoms with Gasteiger partial charge in [0.05, 0.1) is 24.7 Å². The molecule has 0 aromatic heterocycles. The molecule has 1 fully saturated rings. The topological polar surface area (TPSA) is 95.1 Å². The highest BCUT2D eigenvalue weighted by Crippen LogP contribution is 2.33. The number of ether oxygens (including phenoxy) is 2. The van der Waals surface area contributed by atoms with Crippen LogP contribution in [0.1, 0.15) is 36.4 Å². The Morgan fingerprint density at radius 3 is 2.73 bits per heavy atom. The Bertz CT molecular complexity index is 962. The van der Waals surface area contributed by atoms with E-state index < -0.39 is 4.92 Å². The lowest BCUT2D eigenvalue weighted by Gasteiger charge is -2.22. The average molecular weight is 412 g/mol. The number of non-ortho nitro benzene ring substituents is 1. The fourth-order valence-electron chi connectivity index (χ4n) is 4.22. The molecule has 8 heteroatoms. The molecule has 2 aliphatic heterocycles. The number of nitro benzene ring substituents is 1. The van der Waals surface area contributed by atoms with E-state index in [2.05, 4.69) is 17.4 Å². The first kappa shape index (κ1) is 20.2. The fourth-order valence-corrected chi connectivity index (χ4v) is 4.22. The van der Waals surface area contributed by atoms with Gasteiger partial charge in [-0.05, 0) is 36.8 Å². The van der Waals surface area contributed by atoms with Crippen molar-refractivity contribution in [2.45, 2.75) is 32.2 Å². The van der Waals surface area contributed by atoms with Crippen LogP contribution in [0.3, 0.4) is 0 Å². The van der Waals surface area contributed by atoms with E-state index in [-0.39, 0.29) is 17.6 Å². The summed E-state index contributed by atoms with van der Waals surface area (Å²) in [6, 6.07) is 10.8. The minimum absolute atomic E-state index is 0.0186. The smallest absolute Gasteiger partial charge is 0.279 e. The van der Waals surface area contributed by atoms with Crippen LogP contribution in [0.4, 0.5) is 11.4 Å². The molecular formula is C22H26N3O5+. The van der Waals surface area contributed by atoms with Crippen molar-refractivity contribution in [1.29, 1.82) is 0 Å². The van der Waals surface area contributed by atoms with Crippen molar-refractivity contribution in [2.24, 2.45) is 0 Å². The van der Waals surface area contributed by atoms with Gasteiger partial charge in [0.15, 0.2) is 18.0 Å². The van der Waals surface area contributed by atoms with Gasteiger partial charge in [0.25, 0.3) is 11.6 Å². The molecule has 2 aromatic rings. The number of anilines is 1. The predicted molar refractivity (Wildman–Crippen MR) is 111 cm³/mol. The maximum atomic E-state index is 12.7. The normalized spacial score (nSPS) is 20.4. The van der Waals surface area contributed by atoms with E-state index in [1.165, 1.54) is 17.0 Å². The summed E-state index contributed by atoms with van der Waals surface area (Å²) in [7, 11) is 0. The Hall–Kier alpha value is -3.13. The molecule has 0 spiro atoms. The van der Waals surface area contributed by atoms with E-state index in [9.17, 15) is 14.9 Å². The van der Waals surface area contributed by atoms with E-state index >= 15 is 0 Å². The van der Waals surface area contributed by atoms with Crippen molar-refractivity contribution in [3.8, 4) is 11.5 Å². The van der Waals surface area contributed by atoms with Crippen LogP contribution < -0.4 is 19.7 Å². The second-order valence-electron chi connectivity index (χ2n) is 7.84. The summed E-state index contributed by atoms with van der Waals surface area (Å²) in [6.45, 7) is 4.33. The first-order valence-electron chi connectivity index (χ1n) is 10.3. The number of nitro groups is 1. The number of benzene rings is 2. The molecular weight excluding hydrogens is 386 g/mol. The van der Waals surface area contributed by atoms with Crippen molar-refractivity contribution in [3.05, 3.63) is 57.6 Å². The average Bonchev–Trinajstić information content (AvgIpc) is 3.04. The largest absolute Gasteiger partial charge is 0.490 e. The minimum Gasteiger partial charge on any atom is -0.490 e. The van der Waals surface area contributed by atoms with Gasteiger partial charge < -0.3 is 19.7 Å². The molecule has 2 heterocycles. The van der Waals surface area contributed by atoms with Crippen LogP contribution in [0.25, 0.3) is 0 Å². The number of carbonyl (C=O) groups is 1. The van der Waals surface area contributed by atoms with Gasteiger partial charge in [0.2, 0.25) is 0 Å². The number of rotatable bonds is 5. The van der Waals surface area contributed by atoms with Crippen LogP contribution in [-0.4, -0.2) is 37.1 Å². The summed E-state index contributed by atoms with van der Waals surface area (Å²) >= 11 is 0. The van der Waals surface area contributed by atoms with Crippen LogP contribution in [0.15, 0.2) is 36.4 Å². The second kappa shape index (κ2) is 8.71. The Morgan fingerprint density at radius 1 is 1.17 bits per heavy atom. The van der Waals surface area contributed by atoms with E-state index in [4.69, 9.17) is 9.47 Å². The quantitative estimate of drug-likeness (QED) is 0.581. The Morgan fingerprint density at radius 2 is 1.97 bits per heavy atom. The van der Waals surface area contributed by atoms with Crippen LogP contribution in [0, 0.1) is 17.0 Å². The molecule has 4 rings (SSSR count). The number of hydrogen-bond acceptors (Lipinski definition) is 5.